The number of ether oxygens (including phenoxy) is 2. The van der Waals surface area contributed by atoms with Crippen LogP contribution in [0.25, 0.3) is 5.76 Å². The van der Waals surface area contributed by atoms with Crippen molar-refractivity contribution < 1.29 is 28.6 Å². The molecule has 0 bridgehead atoms. The number of benzene rings is 1. The Morgan fingerprint density at radius 3 is 2.67 bits per heavy atom. The van der Waals surface area contributed by atoms with Gasteiger partial charge < -0.3 is 23.9 Å². The number of carbonyl (C=O) groups is 2. The first-order chi connectivity index (χ1) is 14.4. The van der Waals surface area contributed by atoms with Gasteiger partial charge in [-0.1, -0.05) is 11.6 Å². The number of Topliss-reactive ketones (excluding diaryl/α,β-unsaturated/α-hetero) is 1. The van der Waals surface area contributed by atoms with Gasteiger partial charge in [-0.2, -0.15) is 0 Å². The van der Waals surface area contributed by atoms with Crippen molar-refractivity contribution in [2.45, 2.75) is 26.3 Å². The minimum atomic E-state index is -0.859. The van der Waals surface area contributed by atoms with Crippen molar-refractivity contribution in [1.82, 2.24) is 4.90 Å². The number of nitrogens with zero attached hydrogens (tertiary/aromatic N) is 1. The number of carbonyl (C=O) groups excluding carboxylic acids is 2. The Bertz CT molecular complexity index is 980. The highest BCUT2D eigenvalue weighted by molar-refractivity contribution is 6.46. The van der Waals surface area contributed by atoms with Gasteiger partial charge in [0.1, 0.15) is 29.1 Å². The van der Waals surface area contributed by atoms with Gasteiger partial charge in [0.25, 0.3) is 11.7 Å². The van der Waals surface area contributed by atoms with Gasteiger partial charge in [-0.05, 0) is 50.6 Å². The summed E-state index contributed by atoms with van der Waals surface area (Å²) in [7, 11) is 1.56. The molecule has 1 aromatic carbocycles. The van der Waals surface area contributed by atoms with Crippen LogP contribution < -0.4 is 4.74 Å². The highest BCUT2D eigenvalue weighted by atomic mass is 35.5. The van der Waals surface area contributed by atoms with E-state index in [0.717, 1.165) is 0 Å². The van der Waals surface area contributed by atoms with Gasteiger partial charge in [0, 0.05) is 25.8 Å². The molecular weight excluding hydrogens is 410 g/mol. The molecule has 1 saturated heterocycles. The van der Waals surface area contributed by atoms with Crippen LogP contribution in [0.4, 0.5) is 0 Å². The first-order valence-electron chi connectivity index (χ1n) is 9.65. The number of amides is 1. The van der Waals surface area contributed by atoms with E-state index in [2.05, 4.69) is 0 Å². The number of aliphatic hydroxyl groups is 1. The Balaban J connectivity index is 2.13. The van der Waals surface area contributed by atoms with Crippen molar-refractivity contribution in [2.24, 2.45) is 0 Å². The number of aryl methyl sites for hydroxylation is 1. The van der Waals surface area contributed by atoms with Crippen molar-refractivity contribution in [3.05, 3.63) is 58.0 Å². The molecule has 1 amide bonds. The summed E-state index contributed by atoms with van der Waals surface area (Å²) >= 11 is 6.29. The van der Waals surface area contributed by atoms with Gasteiger partial charge in [0.2, 0.25) is 0 Å². The van der Waals surface area contributed by atoms with E-state index in [9.17, 15) is 14.7 Å². The summed E-state index contributed by atoms with van der Waals surface area (Å²) in [6.07, 6.45) is 0.528. The number of likely N-dealkylation sites (tertiary alicyclic amines) is 1. The second-order valence-electron chi connectivity index (χ2n) is 6.86. The molecular formula is C22H24ClNO6. The van der Waals surface area contributed by atoms with Crippen LogP contribution in [0.5, 0.6) is 5.75 Å². The molecule has 0 aliphatic carbocycles. The monoisotopic (exact) mass is 433 g/mol. The minimum Gasteiger partial charge on any atom is -0.507 e. The summed E-state index contributed by atoms with van der Waals surface area (Å²) < 4.78 is 16.3. The fraction of sp³-hybridized carbons (Fsp3) is 0.364. The van der Waals surface area contributed by atoms with Crippen LogP contribution in [0, 0.1) is 6.92 Å². The molecule has 1 atom stereocenters. The maximum atomic E-state index is 12.9. The molecule has 1 N–H and O–H groups in total. The second-order valence-corrected chi connectivity index (χ2v) is 7.27. The topological polar surface area (TPSA) is 89.2 Å². The Morgan fingerprint density at radius 2 is 2.03 bits per heavy atom. The van der Waals surface area contributed by atoms with Gasteiger partial charge >= 0.3 is 0 Å². The quantitative estimate of drug-likeness (QED) is 0.292. The van der Waals surface area contributed by atoms with Gasteiger partial charge in [-0.15, -0.1) is 0 Å². The number of halogens is 1. The van der Waals surface area contributed by atoms with Crippen LogP contribution >= 0.6 is 11.6 Å². The first kappa shape index (κ1) is 21.9. The Kier molecular flexibility index (Phi) is 6.84. The molecule has 3 rings (SSSR count). The predicted molar refractivity (Wildman–Crippen MR) is 112 cm³/mol. The van der Waals surface area contributed by atoms with E-state index < -0.39 is 17.7 Å². The van der Waals surface area contributed by atoms with Crippen molar-refractivity contribution in [3.8, 4) is 5.75 Å². The van der Waals surface area contributed by atoms with Gasteiger partial charge in [-0.25, -0.2) is 0 Å². The lowest BCUT2D eigenvalue weighted by atomic mass is 9.99. The minimum absolute atomic E-state index is 0.0673. The summed E-state index contributed by atoms with van der Waals surface area (Å²) in [4.78, 5) is 27.1. The summed E-state index contributed by atoms with van der Waals surface area (Å²) in [5.41, 5.74) is 0.146. The molecule has 7 nitrogen and oxygen atoms in total. The molecule has 2 aromatic rings. The van der Waals surface area contributed by atoms with E-state index >= 15 is 0 Å². The molecule has 1 aliphatic heterocycles. The second kappa shape index (κ2) is 9.36. The molecule has 0 spiro atoms. The Morgan fingerprint density at radius 1 is 1.27 bits per heavy atom. The smallest absolute Gasteiger partial charge is 0.295 e. The number of furan rings is 1. The molecule has 2 heterocycles. The molecule has 30 heavy (non-hydrogen) atoms. The predicted octanol–water partition coefficient (Wildman–Crippen LogP) is 4.10. The molecule has 1 fully saturated rings. The molecule has 160 valence electrons. The van der Waals surface area contributed by atoms with E-state index in [0.29, 0.717) is 36.9 Å². The average Bonchev–Trinajstić information content (AvgIpc) is 3.25. The van der Waals surface area contributed by atoms with Crippen molar-refractivity contribution in [2.75, 3.05) is 26.9 Å². The van der Waals surface area contributed by atoms with Gasteiger partial charge in [0.15, 0.2) is 0 Å². The van der Waals surface area contributed by atoms with Crippen molar-refractivity contribution in [1.29, 1.82) is 0 Å². The fourth-order valence-electron chi connectivity index (χ4n) is 3.47. The molecule has 8 heteroatoms. The summed E-state index contributed by atoms with van der Waals surface area (Å²) in [6, 6.07) is 7.36. The SMILES string of the molecule is CCOc1ccc(Cl)c(/C(O)=C2\C(=O)C(=O)N(CCCOC)C2c2ccc(C)o2)c1. The maximum Gasteiger partial charge on any atom is 0.295 e. The summed E-state index contributed by atoms with van der Waals surface area (Å²) in [6.45, 7) is 4.72. The lowest BCUT2D eigenvalue weighted by Gasteiger charge is -2.23. The molecule has 0 radical (unpaired) electrons. The number of aliphatic hydroxyl groups excluding tert-OH is 1. The average molecular weight is 434 g/mol. The summed E-state index contributed by atoms with van der Waals surface area (Å²) in [5, 5.41) is 11.3. The third kappa shape index (κ3) is 4.22. The van der Waals surface area contributed by atoms with Crippen LogP contribution in [0.3, 0.4) is 0 Å². The molecule has 1 aliphatic rings. The Labute approximate surface area is 179 Å². The van der Waals surface area contributed by atoms with Crippen LogP contribution in [-0.4, -0.2) is 48.6 Å². The highest BCUT2D eigenvalue weighted by Crippen LogP contribution is 2.41. The van der Waals surface area contributed by atoms with Crippen molar-refractivity contribution >= 4 is 29.1 Å². The number of methoxy groups -OCH3 is 1. The zero-order valence-electron chi connectivity index (χ0n) is 17.1. The fourth-order valence-corrected chi connectivity index (χ4v) is 3.68. The van der Waals surface area contributed by atoms with Crippen LogP contribution in [0.2, 0.25) is 5.02 Å². The lowest BCUT2D eigenvalue weighted by molar-refractivity contribution is -0.140. The van der Waals surface area contributed by atoms with E-state index in [-0.39, 0.29) is 28.5 Å². The van der Waals surface area contributed by atoms with Gasteiger partial charge in [0.05, 0.1) is 17.2 Å². The lowest BCUT2D eigenvalue weighted by Crippen LogP contribution is -2.31. The van der Waals surface area contributed by atoms with Crippen molar-refractivity contribution in [3.63, 3.8) is 0 Å². The molecule has 1 aromatic heterocycles. The Hall–Kier alpha value is -2.77. The standard InChI is InChI=1S/C22H24ClNO6/c1-4-29-14-7-8-16(23)15(12-14)20(25)18-19(17-9-6-13(2)30-17)24(10-5-11-28-3)22(27)21(18)26/h6-9,12,19,25H,4-5,10-11H2,1-3H3/b20-18+. The number of rotatable bonds is 8. The zero-order valence-corrected chi connectivity index (χ0v) is 17.9. The third-order valence-corrected chi connectivity index (χ3v) is 5.15. The van der Waals surface area contributed by atoms with E-state index in [1.165, 1.54) is 4.90 Å². The van der Waals surface area contributed by atoms with E-state index in [4.69, 9.17) is 25.5 Å². The van der Waals surface area contributed by atoms with E-state index in [1.807, 2.05) is 6.92 Å². The number of hydrogen-bond acceptors (Lipinski definition) is 6. The normalized spacial score (nSPS) is 18.3. The van der Waals surface area contributed by atoms with Crippen LogP contribution in [0.15, 0.2) is 40.3 Å². The number of hydrogen-bond donors (Lipinski definition) is 1. The molecule has 0 saturated carbocycles. The first-order valence-corrected chi connectivity index (χ1v) is 10.0. The van der Waals surface area contributed by atoms with Crippen LogP contribution in [0.1, 0.15) is 36.5 Å². The summed E-state index contributed by atoms with van der Waals surface area (Å²) in [5.74, 6) is -0.353. The van der Waals surface area contributed by atoms with Crippen LogP contribution in [-0.2, 0) is 14.3 Å². The van der Waals surface area contributed by atoms with E-state index in [1.54, 1.807) is 44.4 Å². The number of ketones is 1. The van der Waals surface area contributed by atoms with Gasteiger partial charge in [-0.3, -0.25) is 9.59 Å². The highest BCUT2D eigenvalue weighted by Gasteiger charge is 2.47. The third-order valence-electron chi connectivity index (χ3n) is 4.82. The molecule has 1 unspecified atom stereocenters. The largest absolute Gasteiger partial charge is 0.507 e. The zero-order chi connectivity index (χ0) is 21.8. The maximum absolute atomic E-state index is 12.9.